The van der Waals surface area contributed by atoms with Crippen molar-refractivity contribution in [2.24, 2.45) is 5.73 Å². The number of hydrogen-bond acceptors (Lipinski definition) is 2. The number of nitrogens with two attached hydrogens (primary N) is 1. The molecule has 0 radical (unpaired) electrons. The maximum Gasteiger partial charge on any atom is 0.315 e. The quantitative estimate of drug-likeness (QED) is 0.672. The summed E-state index contributed by atoms with van der Waals surface area (Å²) in [6.07, 6.45) is 4.28. The minimum atomic E-state index is -0.207. The van der Waals surface area contributed by atoms with E-state index in [2.05, 4.69) is 10.6 Å². The van der Waals surface area contributed by atoms with Gasteiger partial charge in [0.1, 0.15) is 0 Å². The molecule has 0 saturated heterocycles. The molecular weight excluding hydrogens is 202 g/mol. The van der Waals surface area contributed by atoms with Gasteiger partial charge >= 0.3 is 6.03 Å². The second-order valence-electron chi connectivity index (χ2n) is 5.98. The van der Waals surface area contributed by atoms with Gasteiger partial charge in [-0.15, -0.1) is 0 Å². The van der Waals surface area contributed by atoms with Gasteiger partial charge in [0.25, 0.3) is 0 Å². The van der Waals surface area contributed by atoms with Crippen molar-refractivity contribution in [2.45, 2.75) is 70.5 Å². The zero-order valence-electron chi connectivity index (χ0n) is 10.9. The first-order valence-corrected chi connectivity index (χ1v) is 6.11. The van der Waals surface area contributed by atoms with Crippen LogP contribution in [-0.4, -0.2) is 23.2 Å². The molecule has 94 valence electrons. The molecule has 0 spiro atoms. The van der Waals surface area contributed by atoms with E-state index >= 15 is 0 Å². The Morgan fingerprint density at radius 2 is 1.81 bits per heavy atom. The summed E-state index contributed by atoms with van der Waals surface area (Å²) in [6.45, 7) is 7.89. The van der Waals surface area contributed by atoms with Crippen molar-refractivity contribution < 1.29 is 4.79 Å². The van der Waals surface area contributed by atoms with Gasteiger partial charge in [-0.3, -0.25) is 0 Å². The first-order chi connectivity index (χ1) is 7.25. The minimum Gasteiger partial charge on any atom is -0.334 e. The first kappa shape index (κ1) is 13.3. The number of carbonyl (C=O) groups excluding carboxylic acids is 1. The van der Waals surface area contributed by atoms with E-state index in [4.69, 9.17) is 5.73 Å². The largest absolute Gasteiger partial charge is 0.334 e. The van der Waals surface area contributed by atoms with Crippen LogP contribution < -0.4 is 16.4 Å². The normalized spacial score (nSPS) is 21.6. The van der Waals surface area contributed by atoms with E-state index in [1.165, 1.54) is 0 Å². The molecule has 4 heteroatoms. The number of carbonyl (C=O) groups is 1. The molecule has 4 N–H and O–H groups in total. The molecule has 4 nitrogen and oxygen atoms in total. The van der Waals surface area contributed by atoms with Crippen molar-refractivity contribution in [3.8, 4) is 0 Å². The minimum absolute atomic E-state index is 0.000665. The molecule has 0 aromatic rings. The third-order valence-electron chi connectivity index (χ3n) is 3.22. The van der Waals surface area contributed by atoms with Crippen molar-refractivity contribution in [2.75, 3.05) is 0 Å². The van der Waals surface area contributed by atoms with Crippen LogP contribution in [0.4, 0.5) is 4.79 Å². The Balaban J connectivity index is 2.60. The monoisotopic (exact) mass is 227 g/mol. The first-order valence-electron chi connectivity index (χ1n) is 6.11. The third kappa shape index (κ3) is 3.37. The molecule has 0 heterocycles. The van der Waals surface area contributed by atoms with Crippen molar-refractivity contribution in [3.63, 3.8) is 0 Å². The lowest BCUT2D eigenvalue weighted by Crippen LogP contribution is -2.61. The highest BCUT2D eigenvalue weighted by Crippen LogP contribution is 2.31. The molecule has 1 fully saturated rings. The standard InChI is InChI=1S/C12H25N3O/c1-9(13)12(7-5-6-8-12)15-10(16)14-11(2,3)4/h9H,5-8,13H2,1-4H3,(H2,14,15,16). The molecule has 1 aliphatic rings. The van der Waals surface area contributed by atoms with Crippen LogP contribution >= 0.6 is 0 Å². The van der Waals surface area contributed by atoms with Gasteiger partial charge in [-0.25, -0.2) is 4.79 Å². The molecule has 1 aliphatic carbocycles. The Bertz CT molecular complexity index is 249. The number of rotatable bonds is 2. The highest BCUT2D eigenvalue weighted by molar-refractivity contribution is 5.75. The smallest absolute Gasteiger partial charge is 0.315 e. The van der Waals surface area contributed by atoms with Gasteiger partial charge in [0.15, 0.2) is 0 Å². The van der Waals surface area contributed by atoms with Crippen LogP contribution in [0.25, 0.3) is 0 Å². The van der Waals surface area contributed by atoms with E-state index in [0.29, 0.717) is 0 Å². The molecule has 1 atom stereocenters. The zero-order valence-corrected chi connectivity index (χ0v) is 10.9. The molecule has 0 aromatic carbocycles. The highest BCUT2D eigenvalue weighted by Gasteiger charge is 2.39. The Hall–Kier alpha value is -0.770. The van der Waals surface area contributed by atoms with E-state index in [9.17, 15) is 4.79 Å². The Labute approximate surface area is 98.3 Å². The number of urea groups is 1. The van der Waals surface area contributed by atoms with Crippen molar-refractivity contribution in [1.29, 1.82) is 0 Å². The van der Waals surface area contributed by atoms with E-state index in [-0.39, 0.29) is 23.2 Å². The lowest BCUT2D eigenvalue weighted by molar-refractivity contribution is 0.208. The average molecular weight is 227 g/mol. The Morgan fingerprint density at radius 3 is 2.19 bits per heavy atom. The lowest BCUT2D eigenvalue weighted by atomic mass is 9.90. The van der Waals surface area contributed by atoms with Gasteiger partial charge < -0.3 is 16.4 Å². The summed E-state index contributed by atoms with van der Waals surface area (Å²) in [6, 6.07) is -0.104. The Morgan fingerprint density at radius 1 is 1.31 bits per heavy atom. The maximum absolute atomic E-state index is 11.8. The van der Waals surface area contributed by atoms with Crippen molar-refractivity contribution in [3.05, 3.63) is 0 Å². The predicted molar refractivity (Wildman–Crippen MR) is 66.3 cm³/mol. The SMILES string of the molecule is CC(N)C1(NC(=O)NC(C)(C)C)CCCC1. The second kappa shape index (κ2) is 4.62. The number of amides is 2. The number of hydrogen-bond donors (Lipinski definition) is 3. The fourth-order valence-electron chi connectivity index (χ4n) is 2.30. The van der Waals surface area contributed by atoms with Crippen LogP contribution in [0.5, 0.6) is 0 Å². The van der Waals surface area contributed by atoms with Crippen molar-refractivity contribution in [1.82, 2.24) is 10.6 Å². The zero-order chi connectivity index (χ0) is 12.4. The summed E-state index contributed by atoms with van der Waals surface area (Å²) in [5.41, 5.74) is 5.60. The second-order valence-corrected chi connectivity index (χ2v) is 5.98. The van der Waals surface area contributed by atoms with Crippen LogP contribution in [0.3, 0.4) is 0 Å². The highest BCUT2D eigenvalue weighted by atomic mass is 16.2. The molecule has 2 amide bonds. The summed E-state index contributed by atoms with van der Waals surface area (Å²) in [7, 11) is 0. The Kier molecular flexibility index (Phi) is 3.84. The van der Waals surface area contributed by atoms with Gasteiger partial charge in [-0.2, -0.15) is 0 Å². The fourth-order valence-corrected chi connectivity index (χ4v) is 2.30. The molecule has 16 heavy (non-hydrogen) atoms. The molecular formula is C12H25N3O. The fraction of sp³-hybridized carbons (Fsp3) is 0.917. The molecule has 0 bridgehead atoms. The van der Waals surface area contributed by atoms with Crippen LogP contribution in [-0.2, 0) is 0 Å². The number of nitrogens with one attached hydrogen (secondary N) is 2. The van der Waals surface area contributed by atoms with Gasteiger partial charge in [0.05, 0.1) is 5.54 Å². The predicted octanol–water partition coefficient (Wildman–Crippen LogP) is 1.74. The lowest BCUT2D eigenvalue weighted by Gasteiger charge is -2.35. The summed E-state index contributed by atoms with van der Waals surface area (Å²) in [5.74, 6) is 0. The van der Waals surface area contributed by atoms with Crippen LogP contribution in [0.1, 0.15) is 53.4 Å². The van der Waals surface area contributed by atoms with E-state index in [1.807, 2.05) is 27.7 Å². The van der Waals surface area contributed by atoms with Crippen molar-refractivity contribution >= 4 is 6.03 Å². The molecule has 1 unspecified atom stereocenters. The van der Waals surface area contributed by atoms with Crippen LogP contribution in [0.2, 0.25) is 0 Å². The van der Waals surface area contributed by atoms with E-state index in [1.54, 1.807) is 0 Å². The van der Waals surface area contributed by atoms with E-state index < -0.39 is 0 Å². The van der Waals surface area contributed by atoms with E-state index in [0.717, 1.165) is 25.7 Å². The van der Waals surface area contributed by atoms with Crippen LogP contribution in [0, 0.1) is 0 Å². The van der Waals surface area contributed by atoms with Crippen LogP contribution in [0.15, 0.2) is 0 Å². The van der Waals surface area contributed by atoms with Gasteiger partial charge in [0.2, 0.25) is 0 Å². The topological polar surface area (TPSA) is 67.1 Å². The summed E-state index contributed by atoms with van der Waals surface area (Å²) >= 11 is 0. The maximum atomic E-state index is 11.8. The molecule has 0 aromatic heterocycles. The van der Waals surface area contributed by atoms with Gasteiger partial charge in [0, 0.05) is 11.6 Å². The summed E-state index contributed by atoms with van der Waals surface area (Å²) in [4.78, 5) is 11.8. The summed E-state index contributed by atoms with van der Waals surface area (Å²) < 4.78 is 0. The molecule has 1 rings (SSSR count). The molecule has 0 aliphatic heterocycles. The van der Waals surface area contributed by atoms with Gasteiger partial charge in [-0.05, 0) is 40.5 Å². The summed E-state index contributed by atoms with van der Waals surface area (Å²) in [5, 5.41) is 5.99. The molecule has 1 saturated carbocycles. The third-order valence-corrected chi connectivity index (χ3v) is 3.22. The average Bonchev–Trinajstić information content (AvgIpc) is 2.49. The van der Waals surface area contributed by atoms with Gasteiger partial charge in [-0.1, -0.05) is 12.8 Å².